The lowest BCUT2D eigenvalue weighted by atomic mass is 10.2. The quantitative estimate of drug-likeness (QED) is 0.587. The summed E-state index contributed by atoms with van der Waals surface area (Å²) in [7, 11) is -8.34. The van der Waals surface area contributed by atoms with Gasteiger partial charge >= 0.3 is 0 Å². The van der Waals surface area contributed by atoms with Crippen molar-refractivity contribution in [2.45, 2.75) is 16.8 Å². The average molecular weight is 476 g/mol. The Hall–Kier alpha value is -1.43. The highest BCUT2D eigenvalue weighted by Crippen LogP contribution is 2.29. The van der Waals surface area contributed by atoms with Crippen molar-refractivity contribution < 1.29 is 16.8 Å². The minimum Gasteiger partial charge on any atom is -0.223 e. The van der Waals surface area contributed by atoms with E-state index in [0.717, 1.165) is 13.1 Å². The van der Waals surface area contributed by atoms with Crippen molar-refractivity contribution in [1.29, 1.82) is 0 Å². The molecule has 126 valence electrons. The van der Waals surface area contributed by atoms with Gasteiger partial charge in [-0.05, 0) is 59.8 Å². The number of rotatable bonds is 3. The summed E-state index contributed by atoms with van der Waals surface area (Å²) in [6, 6.07) is 12.5. The number of primary sulfonamides is 1. The van der Waals surface area contributed by atoms with Crippen molar-refractivity contribution in [1.82, 2.24) is 3.97 Å². The van der Waals surface area contributed by atoms with Gasteiger partial charge in [0.25, 0.3) is 20.0 Å². The fraction of sp³-hybridized carbons (Fsp3) is 0.0667. The number of aryl methyl sites for hydroxylation is 1. The highest BCUT2D eigenvalue weighted by Gasteiger charge is 2.28. The third-order valence-corrected chi connectivity index (χ3v) is 6.95. The van der Waals surface area contributed by atoms with Gasteiger partial charge in [0.1, 0.15) is 0 Å². The van der Waals surface area contributed by atoms with E-state index in [9.17, 15) is 16.8 Å². The summed E-state index contributed by atoms with van der Waals surface area (Å²) in [6.07, 6.45) is 0. The Morgan fingerprint density at radius 3 is 2.17 bits per heavy atom. The number of nitrogens with zero attached hydrogens (tertiary/aromatic N) is 1. The molecular weight excluding hydrogens is 463 g/mol. The topological polar surface area (TPSA) is 99.2 Å². The van der Waals surface area contributed by atoms with Crippen LogP contribution < -0.4 is 5.14 Å². The maximum Gasteiger partial charge on any atom is 0.269 e. The minimum absolute atomic E-state index is 0.00522. The van der Waals surface area contributed by atoms with E-state index in [1.165, 1.54) is 18.2 Å². The summed E-state index contributed by atoms with van der Waals surface area (Å²) in [5, 5.41) is 5.27. The molecule has 0 fully saturated rings. The van der Waals surface area contributed by atoms with Gasteiger partial charge < -0.3 is 0 Å². The van der Waals surface area contributed by atoms with Gasteiger partial charge in [-0.3, -0.25) is 0 Å². The Morgan fingerprint density at radius 1 is 0.958 bits per heavy atom. The third kappa shape index (κ3) is 2.96. The number of hydrogen-bond acceptors (Lipinski definition) is 4. The van der Waals surface area contributed by atoms with Gasteiger partial charge in [-0.1, -0.05) is 23.8 Å². The Bertz CT molecular complexity index is 1150. The summed E-state index contributed by atoms with van der Waals surface area (Å²) in [6.45, 7) is 1.83. The van der Waals surface area contributed by atoms with Gasteiger partial charge in [0, 0.05) is 8.96 Å². The van der Waals surface area contributed by atoms with Gasteiger partial charge in [0.15, 0.2) is 5.03 Å². The molecule has 0 bridgehead atoms. The molecular formula is C15H13IN2O4S2. The second-order valence-corrected chi connectivity index (χ2v) is 9.85. The van der Waals surface area contributed by atoms with Gasteiger partial charge in [0.2, 0.25) is 0 Å². The molecule has 0 unspecified atom stereocenters. The summed E-state index contributed by atoms with van der Waals surface area (Å²) in [5.74, 6) is 0. The number of fused-ring (bicyclic) bond motifs is 1. The molecule has 6 nitrogen and oxygen atoms in total. The summed E-state index contributed by atoms with van der Waals surface area (Å²) < 4.78 is 51.5. The molecule has 0 saturated carbocycles. The predicted octanol–water partition coefficient (Wildman–Crippen LogP) is 2.44. The van der Waals surface area contributed by atoms with Crippen LogP contribution in [0.2, 0.25) is 0 Å². The van der Waals surface area contributed by atoms with E-state index in [4.69, 9.17) is 5.14 Å². The average Bonchev–Trinajstić information content (AvgIpc) is 2.87. The smallest absolute Gasteiger partial charge is 0.223 e. The largest absolute Gasteiger partial charge is 0.269 e. The lowest BCUT2D eigenvalue weighted by Crippen LogP contribution is -2.22. The molecule has 3 rings (SSSR count). The third-order valence-electron chi connectivity index (χ3n) is 3.54. The summed E-state index contributed by atoms with van der Waals surface area (Å²) >= 11 is 2.03. The van der Waals surface area contributed by atoms with Crippen molar-refractivity contribution in [2.75, 3.05) is 0 Å². The van der Waals surface area contributed by atoms with Gasteiger partial charge in [-0.25, -0.2) is 25.9 Å². The van der Waals surface area contributed by atoms with Crippen LogP contribution in [0.5, 0.6) is 0 Å². The van der Waals surface area contributed by atoms with Crippen LogP contribution in [0.4, 0.5) is 0 Å². The van der Waals surface area contributed by atoms with Crippen molar-refractivity contribution in [3.63, 3.8) is 0 Å². The number of aromatic nitrogens is 1. The normalized spacial score (nSPS) is 12.6. The Kier molecular flexibility index (Phi) is 4.22. The Morgan fingerprint density at radius 2 is 1.58 bits per heavy atom. The van der Waals surface area contributed by atoms with E-state index in [-0.39, 0.29) is 10.4 Å². The first-order valence-corrected chi connectivity index (χ1v) is 10.8. The van der Waals surface area contributed by atoms with Crippen LogP contribution in [0, 0.1) is 10.5 Å². The van der Waals surface area contributed by atoms with Crippen molar-refractivity contribution in [2.24, 2.45) is 5.14 Å². The molecule has 24 heavy (non-hydrogen) atoms. The molecule has 9 heteroatoms. The molecule has 0 aliphatic rings. The lowest BCUT2D eigenvalue weighted by Gasteiger charge is -2.11. The molecule has 0 radical (unpaired) electrons. The summed E-state index contributed by atoms with van der Waals surface area (Å²) in [5.41, 5.74) is 1.17. The molecule has 0 spiro atoms. The highest BCUT2D eigenvalue weighted by atomic mass is 127. The van der Waals surface area contributed by atoms with Crippen LogP contribution in [0.25, 0.3) is 10.9 Å². The van der Waals surface area contributed by atoms with Crippen LogP contribution in [0.15, 0.2) is 58.5 Å². The molecule has 3 aromatic rings. The van der Waals surface area contributed by atoms with E-state index in [0.29, 0.717) is 5.39 Å². The minimum atomic E-state index is -4.23. The number of nitrogens with two attached hydrogens (primary N) is 1. The first kappa shape index (κ1) is 17.4. The molecule has 0 aliphatic heterocycles. The molecule has 0 aliphatic carbocycles. The maximum atomic E-state index is 13.0. The Balaban J connectivity index is 2.43. The maximum absolute atomic E-state index is 13.0. The zero-order valence-electron chi connectivity index (χ0n) is 12.5. The molecule has 1 aromatic heterocycles. The number of sulfonamides is 1. The molecule has 0 atom stereocenters. The van der Waals surface area contributed by atoms with Crippen LogP contribution in [-0.4, -0.2) is 20.8 Å². The molecule has 2 N–H and O–H groups in total. The first-order valence-electron chi connectivity index (χ1n) is 6.77. The predicted molar refractivity (Wildman–Crippen MR) is 99.8 cm³/mol. The fourth-order valence-corrected chi connectivity index (χ4v) is 5.49. The van der Waals surface area contributed by atoms with E-state index < -0.39 is 25.1 Å². The van der Waals surface area contributed by atoms with E-state index in [1.807, 2.05) is 29.5 Å². The monoisotopic (exact) mass is 476 g/mol. The van der Waals surface area contributed by atoms with Crippen LogP contribution in [-0.2, 0) is 20.0 Å². The first-order chi connectivity index (χ1) is 11.1. The SMILES string of the molecule is Cc1ccc(S(=O)(=O)n2c(S(N)(=O)=O)cc3ccc(I)cc32)cc1. The highest BCUT2D eigenvalue weighted by molar-refractivity contribution is 14.1. The van der Waals surface area contributed by atoms with E-state index in [2.05, 4.69) is 0 Å². The van der Waals surface area contributed by atoms with Gasteiger partial charge in [-0.2, -0.15) is 0 Å². The van der Waals surface area contributed by atoms with Gasteiger partial charge in [0.05, 0.1) is 10.4 Å². The van der Waals surface area contributed by atoms with Crippen molar-refractivity contribution in [3.8, 4) is 0 Å². The van der Waals surface area contributed by atoms with Crippen molar-refractivity contribution in [3.05, 3.63) is 57.7 Å². The molecule has 0 saturated heterocycles. The molecule has 1 heterocycles. The fourth-order valence-electron chi connectivity index (χ4n) is 2.39. The van der Waals surface area contributed by atoms with E-state index >= 15 is 0 Å². The molecule has 0 amide bonds. The van der Waals surface area contributed by atoms with E-state index in [1.54, 1.807) is 30.3 Å². The van der Waals surface area contributed by atoms with Crippen LogP contribution in [0.1, 0.15) is 5.56 Å². The van der Waals surface area contributed by atoms with Crippen molar-refractivity contribution >= 4 is 53.5 Å². The zero-order chi connectivity index (χ0) is 17.7. The second kappa shape index (κ2) is 5.83. The standard InChI is InChI=1S/C15H13IN2O4S2/c1-10-2-6-13(7-3-10)24(21,22)18-14-9-12(16)5-4-11(14)8-15(18)23(17,19)20/h2-9H,1H3,(H2,17,19,20). The Labute approximate surface area is 153 Å². The lowest BCUT2D eigenvalue weighted by molar-refractivity contribution is 0.574. The molecule has 2 aromatic carbocycles. The van der Waals surface area contributed by atoms with Crippen LogP contribution >= 0.6 is 22.6 Å². The van der Waals surface area contributed by atoms with Crippen LogP contribution in [0.3, 0.4) is 0 Å². The number of halogens is 1. The number of benzene rings is 2. The number of hydrogen-bond donors (Lipinski definition) is 1. The zero-order valence-corrected chi connectivity index (χ0v) is 16.3. The second-order valence-electron chi connectivity index (χ2n) is 5.31. The summed E-state index contributed by atoms with van der Waals surface area (Å²) in [4.78, 5) is -0.00522. The van der Waals surface area contributed by atoms with Gasteiger partial charge in [-0.15, -0.1) is 0 Å².